The fraction of sp³-hybridized carbons (Fsp3) is 0.545. The zero-order valence-corrected chi connectivity index (χ0v) is 10.2. The van der Waals surface area contributed by atoms with Crippen LogP contribution in [0, 0.1) is 11.8 Å². The third-order valence-electron chi connectivity index (χ3n) is 2.66. The molecule has 6 heteroatoms. The molecule has 0 aromatic carbocycles. The number of carboxylic acids is 1. The summed E-state index contributed by atoms with van der Waals surface area (Å²) < 4.78 is 1.44. The predicted octanol–water partition coefficient (Wildman–Crippen LogP) is 0.507. The molecule has 94 valence electrons. The zero-order valence-electron chi connectivity index (χ0n) is 10.2. The maximum absolute atomic E-state index is 11.7. The van der Waals surface area contributed by atoms with Gasteiger partial charge in [-0.05, 0) is 12.0 Å². The highest BCUT2D eigenvalue weighted by molar-refractivity contribution is 5.92. The number of hydrogen-bond donors (Lipinski definition) is 2. The van der Waals surface area contributed by atoms with E-state index in [0.717, 1.165) is 0 Å². The Hall–Kier alpha value is -1.85. The van der Waals surface area contributed by atoms with Crippen LogP contribution in [0.15, 0.2) is 12.3 Å². The number of aliphatic carboxylic acids is 1. The molecule has 0 saturated heterocycles. The van der Waals surface area contributed by atoms with Crippen molar-refractivity contribution in [1.29, 1.82) is 0 Å². The van der Waals surface area contributed by atoms with Crippen LogP contribution in [-0.2, 0) is 11.8 Å². The SMILES string of the molecule is CC(C)C(CNC(=O)c1ccnn1C)C(=O)O. The molecular formula is C11H17N3O3. The lowest BCUT2D eigenvalue weighted by atomic mass is 9.96. The molecule has 1 unspecified atom stereocenters. The van der Waals surface area contributed by atoms with Crippen LogP contribution in [-0.4, -0.2) is 33.3 Å². The van der Waals surface area contributed by atoms with E-state index in [4.69, 9.17) is 5.11 Å². The van der Waals surface area contributed by atoms with Crippen molar-refractivity contribution in [2.24, 2.45) is 18.9 Å². The first-order valence-corrected chi connectivity index (χ1v) is 5.42. The fourth-order valence-corrected chi connectivity index (χ4v) is 1.50. The molecule has 2 N–H and O–H groups in total. The second-order valence-corrected chi connectivity index (χ2v) is 4.24. The number of amides is 1. The normalized spacial score (nSPS) is 12.5. The lowest BCUT2D eigenvalue weighted by molar-refractivity contribution is -0.142. The minimum absolute atomic E-state index is 0.0284. The monoisotopic (exact) mass is 239 g/mol. The topological polar surface area (TPSA) is 84.2 Å². The Morgan fingerprint density at radius 1 is 1.53 bits per heavy atom. The van der Waals surface area contributed by atoms with Gasteiger partial charge in [-0.25, -0.2) is 0 Å². The summed E-state index contributed by atoms with van der Waals surface area (Å²) in [6.07, 6.45) is 1.52. The Labute approximate surface area is 99.6 Å². The molecule has 1 heterocycles. The molecule has 1 aromatic heterocycles. The van der Waals surface area contributed by atoms with Gasteiger partial charge in [-0.3, -0.25) is 14.3 Å². The van der Waals surface area contributed by atoms with Gasteiger partial charge in [0, 0.05) is 19.8 Å². The van der Waals surface area contributed by atoms with Crippen LogP contribution in [0.3, 0.4) is 0 Å². The molecule has 0 fully saturated rings. The first-order valence-electron chi connectivity index (χ1n) is 5.42. The van der Waals surface area contributed by atoms with E-state index in [1.807, 2.05) is 13.8 Å². The van der Waals surface area contributed by atoms with Gasteiger partial charge in [0.15, 0.2) is 0 Å². The van der Waals surface area contributed by atoms with Gasteiger partial charge in [0.1, 0.15) is 5.69 Å². The van der Waals surface area contributed by atoms with Gasteiger partial charge in [-0.1, -0.05) is 13.8 Å². The summed E-state index contributed by atoms with van der Waals surface area (Å²) in [4.78, 5) is 22.6. The number of carbonyl (C=O) groups excluding carboxylic acids is 1. The molecule has 1 atom stereocenters. The standard InChI is InChI=1S/C11H17N3O3/c1-7(2)8(11(16)17)6-12-10(15)9-4-5-13-14(9)3/h4-5,7-8H,6H2,1-3H3,(H,12,15)(H,16,17). The first kappa shape index (κ1) is 13.2. The van der Waals surface area contributed by atoms with Gasteiger partial charge in [-0.2, -0.15) is 5.10 Å². The van der Waals surface area contributed by atoms with E-state index in [-0.39, 0.29) is 18.4 Å². The molecule has 0 aliphatic heterocycles. The minimum Gasteiger partial charge on any atom is -0.481 e. The molecule has 0 spiro atoms. The Morgan fingerprint density at radius 2 is 2.18 bits per heavy atom. The van der Waals surface area contributed by atoms with Crippen LogP contribution < -0.4 is 5.32 Å². The smallest absolute Gasteiger partial charge is 0.308 e. The van der Waals surface area contributed by atoms with Crippen molar-refractivity contribution in [2.45, 2.75) is 13.8 Å². The van der Waals surface area contributed by atoms with Gasteiger partial charge in [0.05, 0.1) is 5.92 Å². The molecule has 0 saturated carbocycles. The number of nitrogens with one attached hydrogen (secondary N) is 1. The Bertz CT molecular complexity index is 412. The van der Waals surface area contributed by atoms with Crippen LogP contribution in [0.25, 0.3) is 0 Å². The highest BCUT2D eigenvalue weighted by Crippen LogP contribution is 2.10. The number of hydrogen-bond acceptors (Lipinski definition) is 3. The summed E-state index contributed by atoms with van der Waals surface area (Å²) in [5, 5.41) is 15.5. The highest BCUT2D eigenvalue weighted by atomic mass is 16.4. The van der Waals surface area contributed by atoms with Gasteiger partial charge < -0.3 is 10.4 Å². The second kappa shape index (κ2) is 5.47. The van der Waals surface area contributed by atoms with E-state index in [0.29, 0.717) is 5.69 Å². The van der Waals surface area contributed by atoms with Gasteiger partial charge >= 0.3 is 5.97 Å². The van der Waals surface area contributed by atoms with Crippen molar-refractivity contribution in [1.82, 2.24) is 15.1 Å². The fourth-order valence-electron chi connectivity index (χ4n) is 1.50. The van der Waals surface area contributed by atoms with Gasteiger partial charge in [-0.15, -0.1) is 0 Å². The van der Waals surface area contributed by atoms with Crippen molar-refractivity contribution in [3.05, 3.63) is 18.0 Å². The van der Waals surface area contributed by atoms with Crippen LogP contribution in [0.4, 0.5) is 0 Å². The molecule has 1 rings (SSSR count). The number of nitrogens with zero attached hydrogens (tertiary/aromatic N) is 2. The zero-order chi connectivity index (χ0) is 13.0. The molecule has 1 aromatic rings. The average molecular weight is 239 g/mol. The lowest BCUT2D eigenvalue weighted by Crippen LogP contribution is -2.36. The minimum atomic E-state index is -0.898. The maximum Gasteiger partial charge on any atom is 0.308 e. The second-order valence-electron chi connectivity index (χ2n) is 4.24. The van der Waals surface area contributed by atoms with E-state index >= 15 is 0 Å². The average Bonchev–Trinajstić information content (AvgIpc) is 2.63. The van der Waals surface area contributed by atoms with Crippen molar-refractivity contribution in [2.75, 3.05) is 6.54 Å². The molecule has 6 nitrogen and oxygen atoms in total. The Kier molecular flexibility index (Phi) is 4.25. The summed E-state index contributed by atoms with van der Waals surface area (Å²) in [6, 6.07) is 1.58. The molecular weight excluding hydrogens is 222 g/mol. The number of aryl methyl sites for hydroxylation is 1. The first-order chi connectivity index (χ1) is 7.93. The largest absolute Gasteiger partial charge is 0.481 e. The summed E-state index contributed by atoms with van der Waals surface area (Å²) in [7, 11) is 1.66. The van der Waals surface area contributed by atoms with Crippen molar-refractivity contribution in [3.63, 3.8) is 0 Å². The number of carboxylic acid groups (broad SMARTS) is 1. The van der Waals surface area contributed by atoms with Crippen molar-refractivity contribution in [3.8, 4) is 0 Å². The maximum atomic E-state index is 11.7. The quantitative estimate of drug-likeness (QED) is 0.784. The Morgan fingerprint density at radius 3 is 2.59 bits per heavy atom. The Balaban J connectivity index is 2.59. The summed E-state index contributed by atoms with van der Waals surface area (Å²) in [5.74, 6) is -1.81. The van der Waals surface area contributed by atoms with Gasteiger partial charge in [0.2, 0.25) is 0 Å². The highest BCUT2D eigenvalue weighted by Gasteiger charge is 2.22. The molecule has 0 bridgehead atoms. The molecule has 0 aliphatic rings. The van der Waals surface area contributed by atoms with Crippen LogP contribution >= 0.6 is 0 Å². The molecule has 0 radical (unpaired) electrons. The summed E-state index contributed by atoms with van der Waals surface area (Å²) >= 11 is 0. The van der Waals surface area contributed by atoms with Crippen LogP contribution in [0.1, 0.15) is 24.3 Å². The lowest BCUT2D eigenvalue weighted by Gasteiger charge is -2.16. The summed E-state index contributed by atoms with van der Waals surface area (Å²) in [5.41, 5.74) is 0.415. The summed E-state index contributed by atoms with van der Waals surface area (Å²) in [6.45, 7) is 3.75. The third-order valence-corrected chi connectivity index (χ3v) is 2.66. The number of carbonyl (C=O) groups is 2. The van der Waals surface area contributed by atoms with E-state index in [1.54, 1.807) is 13.1 Å². The van der Waals surface area contributed by atoms with Crippen LogP contribution in [0.2, 0.25) is 0 Å². The van der Waals surface area contributed by atoms with E-state index in [2.05, 4.69) is 10.4 Å². The number of aromatic nitrogens is 2. The van der Waals surface area contributed by atoms with E-state index in [9.17, 15) is 9.59 Å². The van der Waals surface area contributed by atoms with Crippen molar-refractivity contribution < 1.29 is 14.7 Å². The van der Waals surface area contributed by atoms with E-state index in [1.165, 1.54) is 10.9 Å². The third kappa shape index (κ3) is 3.30. The van der Waals surface area contributed by atoms with Gasteiger partial charge in [0.25, 0.3) is 5.91 Å². The van der Waals surface area contributed by atoms with E-state index < -0.39 is 11.9 Å². The molecule has 1 amide bonds. The molecule has 17 heavy (non-hydrogen) atoms. The van der Waals surface area contributed by atoms with Crippen LogP contribution in [0.5, 0.6) is 0 Å². The molecule has 0 aliphatic carbocycles. The predicted molar refractivity (Wildman–Crippen MR) is 61.5 cm³/mol. The number of rotatable bonds is 5. The van der Waals surface area contributed by atoms with Crippen molar-refractivity contribution >= 4 is 11.9 Å².